The topological polar surface area (TPSA) is 29.5 Å². The average Bonchev–Trinajstić information content (AvgIpc) is 2.48. The fourth-order valence-corrected chi connectivity index (χ4v) is 2.56. The van der Waals surface area contributed by atoms with Gasteiger partial charge in [0.1, 0.15) is 0 Å². The van der Waals surface area contributed by atoms with Gasteiger partial charge in [0.05, 0.1) is 12.6 Å². The highest BCUT2D eigenvalue weighted by Crippen LogP contribution is 2.31. The largest absolute Gasteiger partial charge is 0.449 e. The van der Waals surface area contributed by atoms with Crippen LogP contribution in [0.25, 0.3) is 0 Å². The van der Waals surface area contributed by atoms with Crippen LogP contribution in [0.5, 0.6) is 0 Å². The maximum Gasteiger partial charge on any atom is 0.410 e. The Morgan fingerprint density at radius 2 is 2.11 bits per heavy atom. The minimum Gasteiger partial charge on any atom is -0.449 e. The number of carbonyl (C=O) groups is 1. The lowest BCUT2D eigenvalue weighted by atomic mass is 9.96. The molecule has 19 heavy (non-hydrogen) atoms. The first-order valence-electron chi connectivity index (χ1n) is 7.31. The number of unbranched alkanes of at least 4 members (excludes halogenated alkanes) is 1. The van der Waals surface area contributed by atoms with Gasteiger partial charge in [-0.05, 0) is 31.2 Å². The summed E-state index contributed by atoms with van der Waals surface area (Å²) in [4.78, 5) is 14.1. The van der Waals surface area contributed by atoms with E-state index in [9.17, 15) is 4.79 Å². The van der Waals surface area contributed by atoms with Crippen LogP contribution >= 0.6 is 0 Å². The van der Waals surface area contributed by atoms with E-state index in [1.165, 1.54) is 12.0 Å². The van der Waals surface area contributed by atoms with Crippen LogP contribution in [0.2, 0.25) is 0 Å². The lowest BCUT2D eigenvalue weighted by Gasteiger charge is -2.35. The molecule has 3 heteroatoms. The molecule has 0 radical (unpaired) electrons. The summed E-state index contributed by atoms with van der Waals surface area (Å²) in [5, 5.41) is 0. The zero-order valence-corrected chi connectivity index (χ0v) is 11.7. The van der Waals surface area contributed by atoms with Crippen molar-refractivity contribution in [1.82, 2.24) is 4.90 Å². The minimum absolute atomic E-state index is 0.151. The van der Waals surface area contributed by atoms with Crippen molar-refractivity contribution in [2.24, 2.45) is 0 Å². The molecule has 1 unspecified atom stereocenters. The van der Waals surface area contributed by atoms with Crippen molar-refractivity contribution < 1.29 is 9.53 Å². The molecule has 0 bridgehead atoms. The normalized spacial score (nSPS) is 19.2. The fraction of sp³-hybridized carbons (Fsp3) is 0.562. The first-order valence-corrected chi connectivity index (χ1v) is 7.31. The van der Waals surface area contributed by atoms with Crippen LogP contribution in [0, 0.1) is 0 Å². The fourth-order valence-electron chi connectivity index (χ4n) is 2.56. The molecule has 1 aromatic rings. The van der Waals surface area contributed by atoms with Gasteiger partial charge in [0.25, 0.3) is 0 Å². The van der Waals surface area contributed by atoms with E-state index in [-0.39, 0.29) is 12.1 Å². The first-order chi connectivity index (χ1) is 9.33. The van der Waals surface area contributed by atoms with Crippen molar-refractivity contribution in [2.75, 3.05) is 13.2 Å². The van der Waals surface area contributed by atoms with Gasteiger partial charge in [-0.25, -0.2) is 4.79 Å². The van der Waals surface area contributed by atoms with Crippen LogP contribution in [0.15, 0.2) is 30.3 Å². The van der Waals surface area contributed by atoms with E-state index in [1.54, 1.807) is 0 Å². The van der Waals surface area contributed by atoms with Gasteiger partial charge in [-0.15, -0.1) is 0 Å². The van der Waals surface area contributed by atoms with Gasteiger partial charge in [-0.2, -0.15) is 0 Å². The van der Waals surface area contributed by atoms with Crippen LogP contribution < -0.4 is 0 Å². The third kappa shape index (κ3) is 3.72. The Morgan fingerprint density at radius 1 is 1.32 bits per heavy atom. The average molecular weight is 261 g/mol. The summed E-state index contributed by atoms with van der Waals surface area (Å²) in [5.74, 6) is 0. The molecule has 0 aromatic heterocycles. The van der Waals surface area contributed by atoms with Crippen molar-refractivity contribution in [1.29, 1.82) is 0 Å². The predicted octanol–water partition coefficient (Wildman–Crippen LogP) is 4.15. The molecule has 3 nitrogen and oxygen atoms in total. The Kier molecular flexibility index (Phi) is 5.25. The molecule has 0 N–H and O–H groups in total. The number of carbonyl (C=O) groups excluding carboxylic acids is 1. The summed E-state index contributed by atoms with van der Waals surface area (Å²) in [6.45, 7) is 3.44. The molecule has 1 amide bonds. The Morgan fingerprint density at radius 3 is 2.84 bits per heavy atom. The van der Waals surface area contributed by atoms with E-state index in [0.29, 0.717) is 6.61 Å². The van der Waals surface area contributed by atoms with Crippen LogP contribution in [0.1, 0.15) is 50.6 Å². The second-order valence-corrected chi connectivity index (χ2v) is 5.08. The zero-order chi connectivity index (χ0) is 13.5. The maximum atomic E-state index is 12.2. The molecule has 1 atom stereocenters. The monoisotopic (exact) mass is 261 g/mol. The van der Waals surface area contributed by atoms with E-state index < -0.39 is 0 Å². The third-order valence-corrected chi connectivity index (χ3v) is 3.65. The van der Waals surface area contributed by atoms with Crippen molar-refractivity contribution in [3.05, 3.63) is 35.9 Å². The molecule has 1 heterocycles. The Balaban J connectivity index is 2.01. The van der Waals surface area contributed by atoms with Crippen LogP contribution in [0.3, 0.4) is 0 Å². The number of amides is 1. The van der Waals surface area contributed by atoms with Gasteiger partial charge in [0.15, 0.2) is 0 Å². The van der Waals surface area contributed by atoms with Crippen LogP contribution in [0.4, 0.5) is 4.79 Å². The molecule has 1 aliphatic rings. The Bertz CT molecular complexity index is 391. The second kappa shape index (κ2) is 7.17. The molecule has 1 fully saturated rings. The van der Waals surface area contributed by atoms with E-state index in [1.807, 2.05) is 23.1 Å². The van der Waals surface area contributed by atoms with E-state index >= 15 is 0 Å². The lowest BCUT2D eigenvalue weighted by Crippen LogP contribution is -2.39. The van der Waals surface area contributed by atoms with Gasteiger partial charge in [-0.1, -0.05) is 43.7 Å². The molecular formula is C16H23NO2. The summed E-state index contributed by atoms with van der Waals surface area (Å²) in [6.07, 6.45) is 5.13. The van der Waals surface area contributed by atoms with E-state index in [0.717, 1.165) is 32.2 Å². The maximum absolute atomic E-state index is 12.2. The minimum atomic E-state index is -0.151. The Hall–Kier alpha value is -1.51. The number of rotatable bonds is 4. The number of piperidine rings is 1. The molecule has 0 saturated carbocycles. The van der Waals surface area contributed by atoms with Gasteiger partial charge >= 0.3 is 6.09 Å². The second-order valence-electron chi connectivity index (χ2n) is 5.08. The zero-order valence-electron chi connectivity index (χ0n) is 11.7. The number of hydrogen-bond acceptors (Lipinski definition) is 2. The highest BCUT2D eigenvalue weighted by molar-refractivity contribution is 5.68. The summed E-state index contributed by atoms with van der Waals surface area (Å²) in [6, 6.07) is 10.5. The van der Waals surface area contributed by atoms with Gasteiger partial charge in [0.2, 0.25) is 0 Å². The smallest absolute Gasteiger partial charge is 0.410 e. The highest BCUT2D eigenvalue weighted by Gasteiger charge is 2.28. The molecule has 1 aromatic carbocycles. The summed E-state index contributed by atoms with van der Waals surface area (Å²) >= 11 is 0. The Labute approximate surface area is 115 Å². The number of ether oxygens (including phenoxy) is 1. The molecule has 0 spiro atoms. The van der Waals surface area contributed by atoms with Crippen molar-refractivity contribution in [3.8, 4) is 0 Å². The van der Waals surface area contributed by atoms with Crippen molar-refractivity contribution in [3.63, 3.8) is 0 Å². The lowest BCUT2D eigenvalue weighted by molar-refractivity contribution is 0.0720. The molecule has 1 aliphatic heterocycles. The van der Waals surface area contributed by atoms with E-state index in [2.05, 4.69) is 19.1 Å². The summed E-state index contributed by atoms with van der Waals surface area (Å²) in [5.41, 5.74) is 1.22. The summed E-state index contributed by atoms with van der Waals surface area (Å²) < 4.78 is 5.36. The van der Waals surface area contributed by atoms with Crippen LogP contribution in [-0.4, -0.2) is 24.1 Å². The van der Waals surface area contributed by atoms with Crippen molar-refractivity contribution in [2.45, 2.75) is 45.1 Å². The van der Waals surface area contributed by atoms with E-state index in [4.69, 9.17) is 4.74 Å². The quantitative estimate of drug-likeness (QED) is 0.762. The standard InChI is InChI=1S/C16H23NO2/c1-2-3-13-19-16(18)17-12-8-7-11-15(17)14-9-5-4-6-10-14/h4-6,9-10,15H,2-3,7-8,11-13H2,1H3. The number of likely N-dealkylation sites (tertiary alicyclic amines) is 1. The number of hydrogen-bond donors (Lipinski definition) is 0. The van der Waals surface area contributed by atoms with Crippen molar-refractivity contribution >= 4 is 6.09 Å². The van der Waals surface area contributed by atoms with Gasteiger partial charge in [0, 0.05) is 6.54 Å². The molecule has 1 saturated heterocycles. The highest BCUT2D eigenvalue weighted by atomic mass is 16.6. The third-order valence-electron chi connectivity index (χ3n) is 3.65. The summed E-state index contributed by atoms with van der Waals surface area (Å²) in [7, 11) is 0. The van der Waals surface area contributed by atoms with Crippen LogP contribution in [-0.2, 0) is 4.74 Å². The SMILES string of the molecule is CCCCOC(=O)N1CCCCC1c1ccccc1. The first kappa shape index (κ1) is 13.9. The number of nitrogens with zero attached hydrogens (tertiary/aromatic N) is 1. The number of benzene rings is 1. The molecule has 0 aliphatic carbocycles. The molecule has 104 valence electrons. The van der Waals surface area contributed by atoms with Gasteiger partial charge in [-0.3, -0.25) is 0 Å². The predicted molar refractivity (Wildman–Crippen MR) is 76.0 cm³/mol. The molecule has 2 rings (SSSR count). The van der Waals surface area contributed by atoms with Gasteiger partial charge < -0.3 is 9.64 Å². The molecular weight excluding hydrogens is 238 g/mol.